The molecule has 92 valence electrons. The van der Waals surface area contributed by atoms with Crippen molar-refractivity contribution in [2.24, 2.45) is 5.92 Å². The molecule has 17 heavy (non-hydrogen) atoms. The molecule has 0 aliphatic heterocycles. The lowest BCUT2D eigenvalue weighted by atomic mass is 9.97. The molecule has 0 radical (unpaired) electrons. The molecule has 0 aliphatic rings. The topological polar surface area (TPSA) is 73.1 Å². The first-order valence-corrected chi connectivity index (χ1v) is 5.44. The molecule has 0 amide bonds. The van der Waals surface area contributed by atoms with Gasteiger partial charge in [0.05, 0.1) is 10.6 Å². The minimum atomic E-state index is -0.395. The maximum atomic E-state index is 11.2. The van der Waals surface area contributed by atoms with Gasteiger partial charge in [-0.05, 0) is 27.2 Å². The highest BCUT2D eigenvalue weighted by atomic mass is 16.6. The highest BCUT2D eigenvalue weighted by molar-refractivity contribution is 5.78. The van der Waals surface area contributed by atoms with Crippen LogP contribution in [-0.2, 0) is 11.2 Å². The second kappa shape index (κ2) is 5.03. The summed E-state index contributed by atoms with van der Waals surface area (Å²) in [4.78, 5) is 25.9. The summed E-state index contributed by atoms with van der Waals surface area (Å²) in [6, 6.07) is 0. The molecule has 0 N–H and O–H groups in total. The summed E-state index contributed by atoms with van der Waals surface area (Å²) in [6.45, 7) is 6.66. The van der Waals surface area contributed by atoms with E-state index >= 15 is 0 Å². The highest BCUT2D eigenvalue weighted by Gasteiger charge is 2.20. The predicted molar refractivity (Wildman–Crippen MR) is 63.9 cm³/mol. The Morgan fingerprint density at radius 2 is 2.12 bits per heavy atom. The minimum absolute atomic E-state index is 0.0643. The largest absolute Gasteiger partial charge is 0.300 e. The maximum Gasteiger partial charge on any atom is 0.278 e. The third-order valence-corrected chi connectivity index (χ3v) is 2.95. The quantitative estimate of drug-likeness (QED) is 0.594. The van der Waals surface area contributed by atoms with Crippen molar-refractivity contribution in [2.75, 3.05) is 0 Å². The van der Waals surface area contributed by atoms with Gasteiger partial charge in [-0.25, -0.2) is 0 Å². The Balaban J connectivity index is 3.15. The molecule has 0 aliphatic carbocycles. The van der Waals surface area contributed by atoms with E-state index in [1.165, 1.54) is 13.1 Å². The SMILES string of the molecule is CC(=O)C(C)Cc1ncc(C)c([N+](=O)[O-])c1C. The minimum Gasteiger partial charge on any atom is -0.300 e. The number of aryl methyl sites for hydroxylation is 1. The lowest BCUT2D eigenvalue weighted by Gasteiger charge is -2.10. The number of pyridine rings is 1. The van der Waals surface area contributed by atoms with E-state index in [9.17, 15) is 14.9 Å². The Bertz CT molecular complexity index is 469. The normalized spacial score (nSPS) is 12.2. The van der Waals surface area contributed by atoms with Gasteiger partial charge in [0.1, 0.15) is 5.78 Å². The number of carbonyl (C=O) groups is 1. The molecule has 0 bridgehead atoms. The third kappa shape index (κ3) is 2.87. The molecule has 1 unspecified atom stereocenters. The van der Waals surface area contributed by atoms with E-state index < -0.39 is 4.92 Å². The molecule has 1 aromatic heterocycles. The standard InChI is InChI=1S/C12H16N2O3/c1-7(10(4)15)5-11-9(3)12(14(16)17)8(2)6-13-11/h6-7H,5H2,1-4H3. The Hall–Kier alpha value is -1.78. The van der Waals surface area contributed by atoms with Crippen LogP contribution in [0.25, 0.3) is 0 Å². The summed E-state index contributed by atoms with van der Waals surface area (Å²) in [5.74, 6) is -0.0991. The maximum absolute atomic E-state index is 11.2. The van der Waals surface area contributed by atoms with Crippen molar-refractivity contribution in [1.82, 2.24) is 4.98 Å². The van der Waals surface area contributed by atoms with Crippen LogP contribution in [0.4, 0.5) is 5.69 Å². The van der Waals surface area contributed by atoms with Gasteiger partial charge in [-0.3, -0.25) is 19.9 Å². The average molecular weight is 236 g/mol. The van der Waals surface area contributed by atoms with Crippen LogP contribution in [-0.4, -0.2) is 15.7 Å². The number of carbonyl (C=O) groups excluding carboxylic acids is 1. The number of ketones is 1. The molecular weight excluding hydrogens is 220 g/mol. The van der Waals surface area contributed by atoms with Gasteiger partial charge in [-0.2, -0.15) is 0 Å². The first-order chi connectivity index (χ1) is 7.84. The van der Waals surface area contributed by atoms with Gasteiger partial charge in [0.25, 0.3) is 5.69 Å². The van der Waals surface area contributed by atoms with E-state index in [0.29, 0.717) is 23.2 Å². The lowest BCUT2D eigenvalue weighted by Crippen LogP contribution is -2.12. The predicted octanol–water partition coefficient (Wildman–Crippen LogP) is 2.37. The second-order valence-electron chi connectivity index (χ2n) is 4.33. The van der Waals surface area contributed by atoms with Crippen LogP contribution in [0.3, 0.4) is 0 Å². The van der Waals surface area contributed by atoms with Gasteiger partial charge in [0.2, 0.25) is 0 Å². The van der Waals surface area contributed by atoms with E-state index in [-0.39, 0.29) is 17.4 Å². The molecule has 0 fully saturated rings. The summed E-state index contributed by atoms with van der Waals surface area (Å²) in [5.41, 5.74) is 1.84. The van der Waals surface area contributed by atoms with Crippen LogP contribution in [0.1, 0.15) is 30.7 Å². The van der Waals surface area contributed by atoms with Crippen molar-refractivity contribution in [3.8, 4) is 0 Å². The number of Topliss-reactive ketones (excluding diaryl/α,β-unsaturated/α-hetero) is 1. The first-order valence-electron chi connectivity index (χ1n) is 5.44. The Kier molecular flexibility index (Phi) is 3.93. The smallest absolute Gasteiger partial charge is 0.278 e. The van der Waals surface area contributed by atoms with Gasteiger partial charge < -0.3 is 0 Å². The summed E-state index contributed by atoms with van der Waals surface area (Å²) in [5, 5.41) is 10.9. The molecule has 0 aromatic carbocycles. The fourth-order valence-corrected chi connectivity index (χ4v) is 1.69. The molecule has 1 aromatic rings. The highest BCUT2D eigenvalue weighted by Crippen LogP contribution is 2.25. The molecule has 0 saturated heterocycles. The fourth-order valence-electron chi connectivity index (χ4n) is 1.69. The number of rotatable bonds is 4. The van der Waals surface area contributed by atoms with Crippen molar-refractivity contribution in [3.05, 3.63) is 33.1 Å². The molecule has 0 saturated carbocycles. The van der Waals surface area contributed by atoms with Crippen molar-refractivity contribution >= 4 is 11.5 Å². The van der Waals surface area contributed by atoms with Gasteiger partial charge in [0, 0.05) is 23.2 Å². The summed E-state index contributed by atoms with van der Waals surface area (Å²) < 4.78 is 0. The van der Waals surface area contributed by atoms with Crippen molar-refractivity contribution < 1.29 is 9.72 Å². The van der Waals surface area contributed by atoms with Gasteiger partial charge in [0.15, 0.2) is 0 Å². The van der Waals surface area contributed by atoms with Crippen LogP contribution >= 0.6 is 0 Å². The zero-order valence-electron chi connectivity index (χ0n) is 10.5. The van der Waals surface area contributed by atoms with Gasteiger partial charge in [-0.15, -0.1) is 0 Å². The van der Waals surface area contributed by atoms with Crippen LogP contribution in [0.5, 0.6) is 0 Å². The molecular formula is C12H16N2O3. The molecule has 1 heterocycles. The van der Waals surface area contributed by atoms with Gasteiger partial charge >= 0.3 is 0 Å². The van der Waals surface area contributed by atoms with E-state index in [4.69, 9.17) is 0 Å². The van der Waals surface area contributed by atoms with E-state index in [2.05, 4.69) is 4.98 Å². The number of nitro groups is 1. The molecule has 5 nitrogen and oxygen atoms in total. The van der Waals surface area contributed by atoms with Gasteiger partial charge in [-0.1, -0.05) is 6.92 Å². The van der Waals surface area contributed by atoms with E-state index in [0.717, 1.165) is 0 Å². The monoisotopic (exact) mass is 236 g/mol. The summed E-state index contributed by atoms with van der Waals surface area (Å²) in [7, 11) is 0. The van der Waals surface area contributed by atoms with Crippen LogP contribution in [0.15, 0.2) is 6.20 Å². The van der Waals surface area contributed by atoms with Crippen molar-refractivity contribution in [1.29, 1.82) is 0 Å². The average Bonchev–Trinajstić information content (AvgIpc) is 2.21. The number of hydrogen-bond acceptors (Lipinski definition) is 4. The molecule has 1 atom stereocenters. The lowest BCUT2D eigenvalue weighted by molar-refractivity contribution is -0.386. The second-order valence-corrected chi connectivity index (χ2v) is 4.33. The molecule has 5 heteroatoms. The fraction of sp³-hybridized carbons (Fsp3) is 0.500. The molecule has 0 spiro atoms. The van der Waals surface area contributed by atoms with E-state index in [1.807, 2.05) is 0 Å². The number of aromatic nitrogens is 1. The van der Waals surface area contributed by atoms with Crippen molar-refractivity contribution in [2.45, 2.75) is 34.1 Å². The zero-order valence-corrected chi connectivity index (χ0v) is 10.5. The van der Waals surface area contributed by atoms with Crippen LogP contribution < -0.4 is 0 Å². The Labute approximate surface area is 100 Å². The summed E-state index contributed by atoms with van der Waals surface area (Å²) >= 11 is 0. The van der Waals surface area contributed by atoms with Crippen LogP contribution in [0.2, 0.25) is 0 Å². The van der Waals surface area contributed by atoms with E-state index in [1.54, 1.807) is 20.8 Å². The number of hydrogen-bond donors (Lipinski definition) is 0. The first kappa shape index (κ1) is 13.3. The Morgan fingerprint density at radius 3 is 2.59 bits per heavy atom. The summed E-state index contributed by atoms with van der Waals surface area (Å²) in [6.07, 6.45) is 1.94. The third-order valence-electron chi connectivity index (χ3n) is 2.95. The Morgan fingerprint density at radius 1 is 1.53 bits per heavy atom. The zero-order chi connectivity index (χ0) is 13.2. The van der Waals surface area contributed by atoms with Crippen molar-refractivity contribution in [3.63, 3.8) is 0 Å². The molecule has 1 rings (SSSR count). The van der Waals surface area contributed by atoms with Crippen LogP contribution in [0, 0.1) is 29.9 Å². The number of nitrogens with zero attached hydrogens (tertiary/aromatic N) is 2.